The maximum absolute atomic E-state index is 5.57. The van der Waals surface area contributed by atoms with E-state index in [1.807, 2.05) is 34.6 Å². The van der Waals surface area contributed by atoms with Gasteiger partial charge in [-0.1, -0.05) is 0 Å². The van der Waals surface area contributed by atoms with Gasteiger partial charge in [-0.2, -0.15) is 0 Å². The lowest BCUT2D eigenvalue weighted by Gasteiger charge is -2.25. The van der Waals surface area contributed by atoms with Gasteiger partial charge in [-0.15, -0.1) is 0 Å². The highest BCUT2D eigenvalue weighted by Crippen LogP contribution is 2.36. The third kappa shape index (κ3) is 2.19. The van der Waals surface area contributed by atoms with E-state index in [9.17, 15) is 0 Å². The van der Waals surface area contributed by atoms with Crippen LogP contribution in [-0.4, -0.2) is 24.6 Å². The maximum atomic E-state index is 5.57. The summed E-state index contributed by atoms with van der Waals surface area (Å²) in [5.41, 5.74) is -0.959. The van der Waals surface area contributed by atoms with E-state index in [1.165, 1.54) is 0 Å². The van der Waals surface area contributed by atoms with Crippen molar-refractivity contribution >= 4 is 7.32 Å². The molecule has 1 atom stereocenters. The zero-order valence-corrected chi connectivity index (χ0v) is 9.09. The van der Waals surface area contributed by atoms with E-state index >= 15 is 0 Å². The summed E-state index contributed by atoms with van der Waals surface area (Å²) in [6, 6.07) is 0. The molecule has 0 amide bonds. The highest BCUT2D eigenvalue weighted by atomic mass is 16.8. The van der Waals surface area contributed by atoms with Crippen LogP contribution in [0.15, 0.2) is 0 Å². The molecule has 0 aliphatic carbocycles. The van der Waals surface area contributed by atoms with Gasteiger partial charge in [-0.3, -0.25) is 0 Å². The fraction of sp³-hybridized carbons (Fsp3) is 0.889. The summed E-state index contributed by atoms with van der Waals surface area (Å²) < 4.78 is 16.5. The second-order valence-electron chi connectivity index (χ2n) is 4.45. The minimum absolute atomic E-state index is 0.0923. The van der Waals surface area contributed by atoms with Crippen molar-refractivity contribution < 1.29 is 14.0 Å². The second kappa shape index (κ2) is 3.19. The van der Waals surface area contributed by atoms with Crippen LogP contribution in [-0.2, 0) is 14.0 Å². The summed E-state index contributed by atoms with van der Waals surface area (Å²) in [6.07, 6.45) is 0.0923. The Morgan fingerprint density at radius 3 is 2.08 bits per heavy atom. The Hall–Kier alpha value is -0.185. The molecule has 4 heteroatoms. The van der Waals surface area contributed by atoms with E-state index in [0.717, 1.165) is 0 Å². The van der Waals surface area contributed by atoms with Gasteiger partial charge < -0.3 is 14.0 Å². The van der Waals surface area contributed by atoms with Crippen molar-refractivity contribution in [1.82, 2.24) is 0 Å². The lowest BCUT2D eigenvalue weighted by atomic mass is 9.90. The number of hydrogen-bond donors (Lipinski definition) is 0. The zero-order valence-electron chi connectivity index (χ0n) is 9.09. The standard InChI is InChI=1S/C9H18BO3/c1-7(2)11-10-12-8(3,4)9(5,6)13-10/h7H,3H2,1-2,4-6H3/q+1. The molecule has 0 aromatic heterocycles. The molecule has 1 fully saturated rings. The molecule has 74 valence electrons. The van der Waals surface area contributed by atoms with Crippen LogP contribution in [0.25, 0.3) is 0 Å². The fourth-order valence-electron chi connectivity index (χ4n) is 1.02. The number of rotatable bonds is 2. The first-order valence-corrected chi connectivity index (χ1v) is 4.61. The largest absolute Gasteiger partial charge is 0.643 e. The van der Waals surface area contributed by atoms with E-state index in [0.29, 0.717) is 0 Å². The molecule has 0 aromatic carbocycles. The summed E-state index contributed by atoms with van der Waals surface area (Å²) in [5.74, 6) is 0. The van der Waals surface area contributed by atoms with Crippen molar-refractivity contribution in [3.05, 3.63) is 6.92 Å². The van der Waals surface area contributed by atoms with Crippen LogP contribution in [0.5, 0.6) is 0 Å². The normalized spacial score (nSPS) is 32.9. The minimum Gasteiger partial charge on any atom is -0.384 e. The maximum Gasteiger partial charge on any atom is 0.643 e. The summed E-state index contributed by atoms with van der Waals surface area (Å²) in [5, 5.41) is 0. The smallest absolute Gasteiger partial charge is 0.384 e. The van der Waals surface area contributed by atoms with Crippen LogP contribution in [0.2, 0.25) is 0 Å². The SMILES string of the molecule is [CH2+]C1(C)OB(OC(C)C)OC1(C)C. The fourth-order valence-corrected chi connectivity index (χ4v) is 1.02. The van der Waals surface area contributed by atoms with Crippen LogP contribution < -0.4 is 0 Å². The highest BCUT2D eigenvalue weighted by molar-refractivity contribution is 6.37. The second-order valence-corrected chi connectivity index (χ2v) is 4.45. The monoisotopic (exact) mass is 185 g/mol. The van der Waals surface area contributed by atoms with Gasteiger partial charge in [-0.05, 0) is 27.7 Å². The molecule has 0 aromatic rings. The molecule has 1 rings (SSSR count). The molecule has 1 saturated heterocycles. The van der Waals surface area contributed by atoms with Gasteiger partial charge in [-0.25, -0.2) is 0 Å². The predicted molar refractivity (Wildman–Crippen MR) is 52.0 cm³/mol. The molecule has 0 spiro atoms. The summed E-state index contributed by atoms with van der Waals surface area (Å²) >= 11 is 0. The van der Waals surface area contributed by atoms with Gasteiger partial charge in [0, 0.05) is 13.0 Å². The van der Waals surface area contributed by atoms with E-state index in [-0.39, 0.29) is 6.10 Å². The van der Waals surface area contributed by atoms with Gasteiger partial charge in [0.2, 0.25) is 5.60 Å². The van der Waals surface area contributed by atoms with E-state index in [1.54, 1.807) is 0 Å². The Labute approximate surface area is 80.9 Å². The molecule has 1 aliphatic rings. The molecule has 0 N–H and O–H groups in total. The molecule has 1 heterocycles. The third-order valence-electron chi connectivity index (χ3n) is 2.40. The van der Waals surface area contributed by atoms with E-state index < -0.39 is 18.5 Å². The van der Waals surface area contributed by atoms with Crippen LogP contribution >= 0.6 is 0 Å². The molecular weight excluding hydrogens is 167 g/mol. The molecule has 0 bridgehead atoms. The summed E-state index contributed by atoms with van der Waals surface area (Å²) in [4.78, 5) is 0. The first-order chi connectivity index (χ1) is 5.74. The third-order valence-corrected chi connectivity index (χ3v) is 2.40. The van der Waals surface area contributed by atoms with Crippen molar-refractivity contribution in [1.29, 1.82) is 0 Å². The van der Waals surface area contributed by atoms with Crippen molar-refractivity contribution in [3.63, 3.8) is 0 Å². The first-order valence-electron chi connectivity index (χ1n) is 4.61. The molecule has 1 unspecified atom stereocenters. The van der Waals surface area contributed by atoms with Crippen LogP contribution in [0.4, 0.5) is 0 Å². The van der Waals surface area contributed by atoms with Crippen molar-refractivity contribution in [3.8, 4) is 0 Å². The zero-order chi connectivity index (χ0) is 10.3. The molecule has 1 aliphatic heterocycles. The quantitative estimate of drug-likeness (QED) is 0.485. The van der Waals surface area contributed by atoms with Crippen molar-refractivity contribution in [2.75, 3.05) is 0 Å². The van der Waals surface area contributed by atoms with Crippen molar-refractivity contribution in [2.45, 2.75) is 51.9 Å². The molecule has 0 saturated carbocycles. The van der Waals surface area contributed by atoms with E-state index in [2.05, 4.69) is 6.92 Å². The van der Waals surface area contributed by atoms with Crippen LogP contribution in [0.3, 0.4) is 0 Å². The average molecular weight is 185 g/mol. The summed E-state index contributed by atoms with van der Waals surface area (Å²) in [6.45, 7) is 13.6. The lowest BCUT2D eigenvalue weighted by molar-refractivity contribution is 0.0260. The van der Waals surface area contributed by atoms with Gasteiger partial charge >= 0.3 is 7.32 Å². The predicted octanol–water partition coefficient (Wildman–Crippen LogP) is 1.81. The Kier molecular flexibility index (Phi) is 2.67. The average Bonchev–Trinajstić information content (AvgIpc) is 1.98. The first kappa shape index (κ1) is 10.9. The van der Waals surface area contributed by atoms with Gasteiger partial charge in [0.15, 0.2) is 0 Å². The van der Waals surface area contributed by atoms with Gasteiger partial charge in [0.05, 0.1) is 6.92 Å². The van der Waals surface area contributed by atoms with Crippen molar-refractivity contribution in [2.24, 2.45) is 0 Å². The molecule has 0 radical (unpaired) electrons. The highest BCUT2D eigenvalue weighted by Gasteiger charge is 2.58. The molecule has 13 heavy (non-hydrogen) atoms. The Balaban J connectivity index is 2.60. The lowest BCUT2D eigenvalue weighted by Crippen LogP contribution is -2.42. The summed E-state index contributed by atoms with van der Waals surface area (Å²) in [7, 11) is -0.586. The van der Waals surface area contributed by atoms with Gasteiger partial charge in [0.1, 0.15) is 5.60 Å². The van der Waals surface area contributed by atoms with Crippen LogP contribution in [0.1, 0.15) is 34.6 Å². The molecular formula is C9H18BO3+. The Bertz CT molecular complexity index is 173. The Morgan fingerprint density at radius 2 is 1.77 bits per heavy atom. The van der Waals surface area contributed by atoms with Gasteiger partial charge in [0.25, 0.3) is 0 Å². The number of hydrogen-bond acceptors (Lipinski definition) is 3. The topological polar surface area (TPSA) is 27.7 Å². The Morgan fingerprint density at radius 1 is 1.23 bits per heavy atom. The van der Waals surface area contributed by atoms with Crippen LogP contribution in [0, 0.1) is 6.92 Å². The minimum atomic E-state index is -0.586. The van der Waals surface area contributed by atoms with E-state index in [4.69, 9.17) is 14.0 Å². The molecule has 3 nitrogen and oxygen atoms in total.